The molecular formula is C19H37N7O5. The van der Waals surface area contributed by atoms with E-state index in [1.807, 2.05) is 13.8 Å². The molecule has 0 saturated heterocycles. The quantitative estimate of drug-likeness (QED) is 0.0924. The first kappa shape index (κ1) is 28.1. The molecule has 0 radical (unpaired) electrons. The van der Waals surface area contributed by atoms with Crippen molar-refractivity contribution in [3.05, 3.63) is 0 Å². The molecule has 0 fully saturated rings. The number of guanidine groups is 1. The number of carbonyl (C=O) groups is 4. The lowest BCUT2D eigenvalue weighted by molar-refractivity contribution is -0.143. The van der Waals surface area contributed by atoms with Crippen LogP contribution in [0, 0.1) is 11.8 Å². The molecular weight excluding hydrogens is 406 g/mol. The molecule has 0 aliphatic heterocycles. The van der Waals surface area contributed by atoms with E-state index in [2.05, 4.69) is 20.9 Å². The maximum atomic E-state index is 12.8. The first-order chi connectivity index (χ1) is 14.4. The van der Waals surface area contributed by atoms with Gasteiger partial charge in [0.15, 0.2) is 5.96 Å². The van der Waals surface area contributed by atoms with Gasteiger partial charge in [0.1, 0.15) is 18.1 Å². The van der Waals surface area contributed by atoms with E-state index in [1.54, 1.807) is 13.8 Å². The van der Waals surface area contributed by atoms with Gasteiger partial charge in [0.05, 0.1) is 6.54 Å². The van der Waals surface area contributed by atoms with Crippen LogP contribution in [0.1, 0.15) is 47.0 Å². The van der Waals surface area contributed by atoms with Gasteiger partial charge in [-0.25, -0.2) is 4.79 Å². The van der Waals surface area contributed by atoms with Gasteiger partial charge in [-0.15, -0.1) is 0 Å². The number of aliphatic carboxylic acids is 1. The standard InChI is InChI=1S/C19H37N7O5/c1-10(2)8-13(24-14(27)9-20)17(29)25-12(6-5-7-23-19(21)22)16(28)26-15(11(3)4)18(30)31/h10-13,15H,5-9,20H2,1-4H3,(H,24,27)(H,25,29)(H,26,28)(H,30,31)(H4,21,22,23). The molecule has 12 heteroatoms. The predicted octanol–water partition coefficient (Wildman–Crippen LogP) is -1.76. The normalized spacial score (nSPS) is 13.8. The molecule has 0 aromatic heterocycles. The van der Waals surface area contributed by atoms with E-state index in [1.165, 1.54) is 0 Å². The van der Waals surface area contributed by atoms with Crippen LogP contribution in [0.3, 0.4) is 0 Å². The third-order valence-corrected chi connectivity index (χ3v) is 4.35. The summed E-state index contributed by atoms with van der Waals surface area (Å²) in [6, 6.07) is -3.04. The number of nitrogens with zero attached hydrogens (tertiary/aromatic N) is 1. The van der Waals surface area contributed by atoms with E-state index < -0.39 is 41.8 Å². The first-order valence-corrected chi connectivity index (χ1v) is 10.3. The molecule has 10 N–H and O–H groups in total. The van der Waals surface area contributed by atoms with Crippen molar-refractivity contribution >= 4 is 29.7 Å². The van der Waals surface area contributed by atoms with Crippen molar-refractivity contribution in [3.63, 3.8) is 0 Å². The monoisotopic (exact) mass is 443 g/mol. The van der Waals surface area contributed by atoms with E-state index in [0.29, 0.717) is 12.8 Å². The van der Waals surface area contributed by atoms with Crippen LogP contribution in [0.15, 0.2) is 4.99 Å². The van der Waals surface area contributed by atoms with Crippen LogP contribution in [0.25, 0.3) is 0 Å². The third-order valence-electron chi connectivity index (χ3n) is 4.35. The molecule has 3 atom stereocenters. The summed E-state index contributed by atoms with van der Waals surface area (Å²) in [6.07, 6.45) is 0.862. The smallest absolute Gasteiger partial charge is 0.326 e. The summed E-state index contributed by atoms with van der Waals surface area (Å²) in [5.41, 5.74) is 15.9. The van der Waals surface area contributed by atoms with E-state index in [0.717, 1.165) is 0 Å². The largest absolute Gasteiger partial charge is 0.480 e. The number of carbonyl (C=O) groups excluding carboxylic acids is 3. The number of amides is 3. The third kappa shape index (κ3) is 11.8. The van der Waals surface area contributed by atoms with E-state index >= 15 is 0 Å². The average molecular weight is 444 g/mol. The van der Waals surface area contributed by atoms with E-state index in [4.69, 9.17) is 17.2 Å². The second kappa shape index (κ2) is 14.2. The lowest BCUT2D eigenvalue weighted by Crippen LogP contribution is -2.57. The minimum Gasteiger partial charge on any atom is -0.480 e. The summed E-state index contributed by atoms with van der Waals surface area (Å²) in [4.78, 5) is 52.5. The lowest BCUT2D eigenvalue weighted by atomic mass is 10.0. The maximum Gasteiger partial charge on any atom is 0.326 e. The van der Waals surface area contributed by atoms with Crippen molar-refractivity contribution in [2.45, 2.75) is 65.1 Å². The molecule has 0 spiro atoms. The number of carboxylic acids is 1. The summed E-state index contributed by atoms with van der Waals surface area (Å²) >= 11 is 0. The first-order valence-electron chi connectivity index (χ1n) is 10.3. The number of nitrogens with one attached hydrogen (secondary N) is 3. The molecule has 0 aliphatic rings. The van der Waals surface area contributed by atoms with Gasteiger partial charge in [0.25, 0.3) is 0 Å². The highest BCUT2D eigenvalue weighted by Crippen LogP contribution is 2.08. The Morgan fingerprint density at radius 2 is 1.52 bits per heavy atom. The topological polar surface area (TPSA) is 215 Å². The van der Waals surface area contributed by atoms with Crippen molar-refractivity contribution in [2.24, 2.45) is 34.0 Å². The molecule has 31 heavy (non-hydrogen) atoms. The molecule has 0 aromatic rings. The zero-order chi connectivity index (χ0) is 24.1. The van der Waals surface area contributed by atoms with Crippen LogP contribution >= 0.6 is 0 Å². The number of hydrogen-bond acceptors (Lipinski definition) is 6. The van der Waals surface area contributed by atoms with Crippen LogP contribution in [0.5, 0.6) is 0 Å². The molecule has 3 amide bonds. The van der Waals surface area contributed by atoms with Gasteiger partial charge >= 0.3 is 5.97 Å². The fourth-order valence-corrected chi connectivity index (χ4v) is 2.77. The van der Waals surface area contributed by atoms with E-state index in [-0.39, 0.29) is 37.3 Å². The molecule has 0 bridgehead atoms. The second-order valence-electron chi connectivity index (χ2n) is 8.03. The van der Waals surface area contributed by atoms with Crippen LogP contribution in [-0.4, -0.2) is 66.0 Å². The van der Waals surface area contributed by atoms with Gasteiger partial charge in [-0.05, 0) is 31.1 Å². The number of hydrogen-bond donors (Lipinski definition) is 7. The van der Waals surface area contributed by atoms with Crippen molar-refractivity contribution in [2.75, 3.05) is 13.1 Å². The Morgan fingerprint density at radius 3 is 1.97 bits per heavy atom. The fourth-order valence-electron chi connectivity index (χ4n) is 2.77. The van der Waals surface area contributed by atoms with Crippen LogP contribution in [-0.2, 0) is 19.2 Å². The fraction of sp³-hybridized carbons (Fsp3) is 0.737. The Kier molecular flexibility index (Phi) is 12.9. The zero-order valence-corrected chi connectivity index (χ0v) is 18.7. The van der Waals surface area contributed by atoms with Gasteiger partial charge in [0, 0.05) is 6.54 Å². The second-order valence-corrected chi connectivity index (χ2v) is 8.03. The summed E-state index contributed by atoms with van der Waals surface area (Å²) in [5, 5.41) is 17.0. The molecule has 3 unspecified atom stereocenters. The van der Waals surface area contributed by atoms with Crippen LogP contribution in [0.4, 0.5) is 0 Å². The summed E-state index contributed by atoms with van der Waals surface area (Å²) < 4.78 is 0. The Balaban J connectivity index is 5.46. The molecule has 12 nitrogen and oxygen atoms in total. The Hall–Kier alpha value is -2.89. The Morgan fingerprint density at radius 1 is 0.935 bits per heavy atom. The highest BCUT2D eigenvalue weighted by atomic mass is 16.4. The molecule has 0 aliphatic carbocycles. The molecule has 0 saturated carbocycles. The predicted molar refractivity (Wildman–Crippen MR) is 117 cm³/mol. The molecule has 0 aromatic carbocycles. The minimum atomic E-state index is -1.18. The van der Waals surface area contributed by atoms with Gasteiger partial charge in [0.2, 0.25) is 17.7 Å². The maximum absolute atomic E-state index is 12.8. The van der Waals surface area contributed by atoms with E-state index in [9.17, 15) is 24.3 Å². The number of aliphatic imine (C=N–C) groups is 1. The van der Waals surface area contributed by atoms with Gasteiger partial charge < -0.3 is 38.3 Å². The van der Waals surface area contributed by atoms with Crippen LogP contribution < -0.4 is 33.2 Å². The van der Waals surface area contributed by atoms with Crippen molar-refractivity contribution in [1.82, 2.24) is 16.0 Å². The van der Waals surface area contributed by atoms with Crippen LogP contribution in [0.2, 0.25) is 0 Å². The average Bonchev–Trinajstić information content (AvgIpc) is 2.66. The van der Waals surface area contributed by atoms with Crippen molar-refractivity contribution in [1.29, 1.82) is 0 Å². The van der Waals surface area contributed by atoms with Gasteiger partial charge in [-0.1, -0.05) is 27.7 Å². The molecule has 0 rings (SSSR count). The van der Waals surface area contributed by atoms with Gasteiger partial charge in [-0.2, -0.15) is 0 Å². The SMILES string of the molecule is CC(C)CC(NC(=O)CN)C(=O)NC(CCCN=C(N)N)C(=O)NC(C(=O)O)C(C)C. The highest BCUT2D eigenvalue weighted by molar-refractivity contribution is 5.93. The molecule has 178 valence electrons. The highest BCUT2D eigenvalue weighted by Gasteiger charge is 2.30. The number of rotatable bonds is 14. The summed E-state index contributed by atoms with van der Waals surface area (Å²) in [7, 11) is 0. The lowest BCUT2D eigenvalue weighted by Gasteiger charge is -2.26. The van der Waals surface area contributed by atoms with Gasteiger partial charge in [-0.3, -0.25) is 19.4 Å². The zero-order valence-electron chi connectivity index (χ0n) is 18.7. The Bertz CT molecular complexity index is 648. The summed E-state index contributed by atoms with van der Waals surface area (Å²) in [6.45, 7) is 7.04. The Labute approximate surface area is 182 Å². The summed E-state index contributed by atoms with van der Waals surface area (Å²) in [5.74, 6) is -3.27. The van der Waals surface area contributed by atoms with Crippen molar-refractivity contribution < 1.29 is 24.3 Å². The number of carboxylic acid groups (broad SMARTS) is 1. The molecule has 0 heterocycles. The number of nitrogens with two attached hydrogens (primary N) is 3. The minimum absolute atomic E-state index is 0.0836. The van der Waals surface area contributed by atoms with Crippen molar-refractivity contribution in [3.8, 4) is 0 Å².